The van der Waals surface area contributed by atoms with Crippen LogP contribution in [0.3, 0.4) is 0 Å². The van der Waals surface area contributed by atoms with Crippen molar-refractivity contribution in [3.8, 4) is 62.1 Å². The first-order valence-electron chi connectivity index (χ1n) is 20.2. The zero-order valence-corrected chi connectivity index (χ0v) is 33.1. The van der Waals surface area contributed by atoms with Gasteiger partial charge in [0.2, 0.25) is 5.95 Å². The van der Waals surface area contributed by atoms with Crippen molar-refractivity contribution in [3.63, 3.8) is 0 Å². The third-order valence-corrected chi connectivity index (χ3v) is 12.9. The number of nitrogens with zero attached hydrogens (tertiary/aromatic N) is 4. The largest absolute Gasteiger partial charge is 0.277 e. The minimum atomic E-state index is 0.570. The average molecular weight is 783 g/mol. The third kappa shape index (κ3) is 5.63. The highest BCUT2D eigenvalue weighted by Gasteiger charge is 2.23. The topological polar surface area (TPSA) is 43.6 Å². The van der Waals surface area contributed by atoms with Gasteiger partial charge in [-0.05, 0) is 51.2 Å². The highest BCUT2D eigenvalue weighted by Crippen LogP contribution is 2.46. The van der Waals surface area contributed by atoms with E-state index in [1.807, 2.05) is 35.6 Å². The molecule has 280 valence electrons. The Balaban J connectivity index is 1.15. The molecule has 0 atom stereocenters. The monoisotopic (exact) mass is 782 g/mol. The molecule has 0 aliphatic heterocycles. The summed E-state index contributed by atoms with van der Waals surface area (Å²) in [7, 11) is 0. The number of aromatic nitrogens is 4. The first-order valence-corrected chi connectivity index (χ1v) is 21.0. The molecule has 5 heteroatoms. The van der Waals surface area contributed by atoms with Crippen LogP contribution < -0.4 is 0 Å². The van der Waals surface area contributed by atoms with E-state index in [9.17, 15) is 0 Å². The van der Waals surface area contributed by atoms with E-state index < -0.39 is 0 Å². The van der Waals surface area contributed by atoms with Crippen molar-refractivity contribution in [2.45, 2.75) is 0 Å². The summed E-state index contributed by atoms with van der Waals surface area (Å²) in [6.45, 7) is 0. The molecular weight excluding hydrogens is 749 g/mol. The van der Waals surface area contributed by atoms with E-state index in [0.29, 0.717) is 17.6 Å². The molecule has 0 N–H and O–H groups in total. The van der Waals surface area contributed by atoms with Crippen molar-refractivity contribution in [3.05, 3.63) is 206 Å². The van der Waals surface area contributed by atoms with Crippen LogP contribution in [0.4, 0.5) is 0 Å². The summed E-state index contributed by atoms with van der Waals surface area (Å²) < 4.78 is 4.81. The molecule has 0 fully saturated rings. The number of benzene rings is 9. The molecular formula is C55H34N4S. The smallest absolute Gasteiger partial charge is 0.238 e. The maximum Gasteiger partial charge on any atom is 0.238 e. The maximum absolute atomic E-state index is 5.36. The summed E-state index contributed by atoms with van der Waals surface area (Å²) in [6.07, 6.45) is 0. The van der Waals surface area contributed by atoms with Crippen molar-refractivity contribution in [2.24, 2.45) is 0 Å². The molecule has 3 heterocycles. The van der Waals surface area contributed by atoms with Gasteiger partial charge in [0.05, 0.1) is 11.0 Å². The SMILES string of the molecule is c1ccc(-c2ccc(-c3nc(-c4ccccc4)nc(-n4c5ccc(-c6ccccc6)cc5c5cccc(-c6cccc7c6sc6ccc8ccccc8c67)c54)n3)cc2)cc1. The van der Waals surface area contributed by atoms with Gasteiger partial charge in [-0.15, -0.1) is 11.3 Å². The Hall–Kier alpha value is -7.73. The van der Waals surface area contributed by atoms with Gasteiger partial charge in [0.15, 0.2) is 11.6 Å². The van der Waals surface area contributed by atoms with E-state index in [1.54, 1.807) is 0 Å². The van der Waals surface area contributed by atoms with E-state index in [1.165, 1.54) is 47.6 Å². The number of fused-ring (bicyclic) bond motifs is 8. The second kappa shape index (κ2) is 14.0. The number of rotatable bonds is 6. The van der Waals surface area contributed by atoms with Gasteiger partial charge in [-0.1, -0.05) is 188 Å². The Bertz CT molecular complexity index is 3570. The van der Waals surface area contributed by atoms with E-state index in [2.05, 4.69) is 187 Å². The van der Waals surface area contributed by atoms with Gasteiger partial charge in [0.25, 0.3) is 0 Å². The minimum Gasteiger partial charge on any atom is -0.277 e. The van der Waals surface area contributed by atoms with Gasteiger partial charge in [-0.25, -0.2) is 4.98 Å². The van der Waals surface area contributed by atoms with Crippen molar-refractivity contribution in [1.82, 2.24) is 19.5 Å². The van der Waals surface area contributed by atoms with Crippen LogP contribution in [0.5, 0.6) is 0 Å². The Labute approximate surface area is 350 Å². The molecule has 0 amide bonds. The predicted molar refractivity (Wildman–Crippen MR) is 252 cm³/mol. The second-order valence-electron chi connectivity index (χ2n) is 15.2. The summed E-state index contributed by atoms with van der Waals surface area (Å²) in [5.74, 6) is 1.81. The van der Waals surface area contributed by atoms with Crippen molar-refractivity contribution in [1.29, 1.82) is 0 Å². The Morgan fingerprint density at radius 2 is 0.917 bits per heavy atom. The van der Waals surface area contributed by atoms with Gasteiger partial charge >= 0.3 is 0 Å². The van der Waals surface area contributed by atoms with Crippen LogP contribution in [0, 0.1) is 0 Å². The fourth-order valence-corrected chi connectivity index (χ4v) is 10.1. The maximum atomic E-state index is 5.36. The molecule has 0 unspecified atom stereocenters. The van der Waals surface area contributed by atoms with Crippen LogP contribution in [0.25, 0.3) is 115 Å². The number of thiophene rings is 1. The van der Waals surface area contributed by atoms with Crippen LogP contribution in [0.1, 0.15) is 0 Å². The second-order valence-corrected chi connectivity index (χ2v) is 16.2. The van der Waals surface area contributed by atoms with Crippen LogP contribution >= 0.6 is 11.3 Å². The Morgan fingerprint density at radius 1 is 0.367 bits per heavy atom. The molecule has 12 aromatic rings. The zero-order chi connectivity index (χ0) is 39.6. The fourth-order valence-electron chi connectivity index (χ4n) is 8.84. The molecule has 0 radical (unpaired) electrons. The van der Waals surface area contributed by atoms with Gasteiger partial charge in [0, 0.05) is 53.2 Å². The quantitative estimate of drug-likeness (QED) is 0.169. The molecule has 0 aliphatic rings. The molecule has 0 spiro atoms. The number of hydrogen-bond acceptors (Lipinski definition) is 4. The fraction of sp³-hybridized carbons (Fsp3) is 0. The molecule has 3 aromatic heterocycles. The lowest BCUT2D eigenvalue weighted by molar-refractivity contribution is 0.954. The van der Waals surface area contributed by atoms with E-state index in [4.69, 9.17) is 15.0 Å². The lowest BCUT2D eigenvalue weighted by Crippen LogP contribution is -2.07. The molecule has 12 rings (SSSR count). The van der Waals surface area contributed by atoms with E-state index >= 15 is 0 Å². The number of para-hydroxylation sites is 1. The molecule has 0 saturated heterocycles. The molecule has 4 nitrogen and oxygen atoms in total. The van der Waals surface area contributed by atoms with Crippen molar-refractivity contribution in [2.75, 3.05) is 0 Å². The van der Waals surface area contributed by atoms with Crippen LogP contribution in [-0.4, -0.2) is 19.5 Å². The molecule has 60 heavy (non-hydrogen) atoms. The normalized spacial score (nSPS) is 11.7. The number of hydrogen-bond donors (Lipinski definition) is 0. The summed E-state index contributed by atoms with van der Waals surface area (Å²) in [5.41, 5.74) is 10.9. The molecule has 9 aromatic carbocycles. The summed E-state index contributed by atoms with van der Waals surface area (Å²) in [6, 6.07) is 73.3. The lowest BCUT2D eigenvalue weighted by atomic mass is 9.98. The van der Waals surface area contributed by atoms with Crippen LogP contribution in [0.15, 0.2) is 206 Å². The summed E-state index contributed by atoms with van der Waals surface area (Å²) in [4.78, 5) is 15.8. The zero-order valence-electron chi connectivity index (χ0n) is 32.3. The third-order valence-electron chi connectivity index (χ3n) is 11.7. The molecule has 0 bridgehead atoms. The average Bonchev–Trinajstić information content (AvgIpc) is 3.89. The minimum absolute atomic E-state index is 0.570. The van der Waals surface area contributed by atoms with Crippen LogP contribution in [0.2, 0.25) is 0 Å². The first kappa shape index (κ1) is 34.3. The molecule has 0 saturated carbocycles. The summed E-state index contributed by atoms with van der Waals surface area (Å²) in [5, 5.41) is 7.38. The Kier molecular flexibility index (Phi) is 8.00. The summed E-state index contributed by atoms with van der Waals surface area (Å²) >= 11 is 1.86. The Morgan fingerprint density at radius 3 is 1.65 bits per heavy atom. The van der Waals surface area contributed by atoms with Gasteiger partial charge < -0.3 is 0 Å². The predicted octanol–water partition coefficient (Wildman–Crippen LogP) is 14.8. The van der Waals surface area contributed by atoms with Crippen molar-refractivity contribution >= 4 is 64.1 Å². The molecule has 0 aliphatic carbocycles. The van der Waals surface area contributed by atoms with Crippen molar-refractivity contribution < 1.29 is 0 Å². The first-order chi connectivity index (χ1) is 29.7. The highest BCUT2D eigenvalue weighted by molar-refractivity contribution is 7.26. The van der Waals surface area contributed by atoms with Gasteiger partial charge in [-0.3, -0.25) is 4.57 Å². The van der Waals surface area contributed by atoms with E-state index in [0.717, 1.165) is 49.6 Å². The van der Waals surface area contributed by atoms with Gasteiger partial charge in [-0.2, -0.15) is 9.97 Å². The standard InChI is InChI=1S/C55H34N4S/c1-4-14-35(15-5-1)37-26-28-40(29-27-37)54-56-53(39-19-8-3-9-20-39)57-55(58-54)59-48-32-30-41(36-16-6-2-7-17-36)34-47(48)44-23-12-22-43(51(44)59)45-24-13-25-46-50-42-21-11-10-18-38(42)31-33-49(50)60-52(45)46/h1-34H. The highest BCUT2D eigenvalue weighted by atomic mass is 32.1. The lowest BCUT2D eigenvalue weighted by Gasteiger charge is -2.13. The van der Waals surface area contributed by atoms with Gasteiger partial charge in [0.1, 0.15) is 0 Å². The van der Waals surface area contributed by atoms with Crippen LogP contribution in [-0.2, 0) is 0 Å². The van der Waals surface area contributed by atoms with E-state index in [-0.39, 0.29) is 0 Å².